The summed E-state index contributed by atoms with van der Waals surface area (Å²) in [6, 6.07) is 10.4. The number of amides is 3. The summed E-state index contributed by atoms with van der Waals surface area (Å²) in [7, 11) is 0. The third-order valence-corrected chi connectivity index (χ3v) is 4.34. The first-order valence-corrected chi connectivity index (χ1v) is 8.58. The van der Waals surface area contributed by atoms with Crippen LogP contribution in [0.5, 0.6) is 5.75 Å². The summed E-state index contributed by atoms with van der Waals surface area (Å²) in [4.78, 5) is 39.9. The van der Waals surface area contributed by atoms with Gasteiger partial charge >= 0.3 is 6.03 Å². The van der Waals surface area contributed by atoms with E-state index in [1.807, 2.05) is 6.92 Å². The van der Waals surface area contributed by atoms with Crippen LogP contribution in [0.4, 0.5) is 14.9 Å². The molecule has 6 nitrogen and oxygen atoms in total. The number of hydrogen-bond acceptors (Lipinski definition) is 4. The molecular formula is C20H19FN2O4. The number of hydrogen-bond donors (Lipinski definition) is 0. The van der Waals surface area contributed by atoms with Gasteiger partial charge in [-0.25, -0.2) is 9.18 Å². The van der Waals surface area contributed by atoms with Gasteiger partial charge in [0.25, 0.3) is 5.91 Å². The fraction of sp³-hybridized carbons (Fsp3) is 0.250. The third-order valence-electron chi connectivity index (χ3n) is 4.34. The number of benzene rings is 2. The minimum absolute atomic E-state index is 0.353. The quantitative estimate of drug-likeness (QED) is 0.578. The molecule has 7 heteroatoms. The third kappa shape index (κ3) is 3.67. The first-order valence-electron chi connectivity index (χ1n) is 8.58. The molecule has 2 aromatic rings. The molecule has 140 valence electrons. The molecule has 1 aliphatic heterocycles. The zero-order valence-corrected chi connectivity index (χ0v) is 15.0. The molecule has 3 amide bonds. The highest BCUT2D eigenvalue weighted by atomic mass is 19.1. The molecule has 1 aliphatic rings. The number of anilines is 1. The van der Waals surface area contributed by atoms with Gasteiger partial charge in [0.2, 0.25) is 0 Å². The molecule has 2 aromatic carbocycles. The lowest BCUT2D eigenvalue weighted by Gasteiger charge is -2.19. The van der Waals surface area contributed by atoms with Crippen LogP contribution in [-0.4, -0.2) is 41.8 Å². The van der Waals surface area contributed by atoms with Gasteiger partial charge in [0.05, 0.1) is 13.2 Å². The first-order chi connectivity index (χ1) is 12.9. The van der Waals surface area contributed by atoms with Crippen molar-refractivity contribution in [1.29, 1.82) is 0 Å². The number of ether oxygens (including phenoxy) is 1. The number of carbonyl (C=O) groups excluding carboxylic acids is 3. The van der Waals surface area contributed by atoms with Crippen molar-refractivity contribution in [2.45, 2.75) is 19.9 Å². The van der Waals surface area contributed by atoms with Crippen LogP contribution in [0.25, 0.3) is 0 Å². The highest BCUT2D eigenvalue weighted by Crippen LogP contribution is 2.26. The van der Waals surface area contributed by atoms with Crippen LogP contribution < -0.4 is 9.64 Å². The van der Waals surface area contributed by atoms with Gasteiger partial charge in [0, 0.05) is 11.3 Å². The Morgan fingerprint density at radius 1 is 1.07 bits per heavy atom. The monoisotopic (exact) mass is 370 g/mol. The lowest BCUT2D eigenvalue weighted by atomic mass is 10.1. The SMILES string of the molecule is CCOc1ccc(C(=O)CN2C(=O)[C@H](C)N(c3ccc(F)cc3)C2=O)cc1. The van der Waals surface area contributed by atoms with E-state index in [1.165, 1.54) is 29.2 Å². The van der Waals surface area contributed by atoms with Gasteiger partial charge in [-0.3, -0.25) is 19.4 Å². The summed E-state index contributed by atoms with van der Waals surface area (Å²) in [5.74, 6) is -0.623. The fourth-order valence-corrected chi connectivity index (χ4v) is 2.95. The van der Waals surface area contributed by atoms with Gasteiger partial charge < -0.3 is 4.74 Å². The van der Waals surface area contributed by atoms with E-state index in [0.29, 0.717) is 23.6 Å². The van der Waals surface area contributed by atoms with E-state index in [2.05, 4.69) is 0 Å². The van der Waals surface area contributed by atoms with Crippen molar-refractivity contribution in [2.24, 2.45) is 0 Å². The maximum Gasteiger partial charge on any atom is 0.332 e. The standard InChI is InChI=1S/C20H19FN2O4/c1-3-27-17-10-4-14(5-11-17)18(24)12-22-19(25)13(2)23(20(22)26)16-8-6-15(21)7-9-16/h4-11,13H,3,12H2,1-2H3/t13-/m0/s1. The zero-order valence-electron chi connectivity index (χ0n) is 15.0. The second kappa shape index (κ2) is 7.57. The molecule has 0 unspecified atom stereocenters. The van der Waals surface area contributed by atoms with Crippen molar-refractivity contribution in [2.75, 3.05) is 18.1 Å². The average molecular weight is 370 g/mol. The smallest absolute Gasteiger partial charge is 0.332 e. The van der Waals surface area contributed by atoms with Gasteiger partial charge in [-0.05, 0) is 62.4 Å². The molecule has 0 N–H and O–H groups in total. The fourth-order valence-electron chi connectivity index (χ4n) is 2.95. The Balaban J connectivity index is 1.76. The Morgan fingerprint density at radius 2 is 1.70 bits per heavy atom. The van der Waals surface area contributed by atoms with Gasteiger partial charge in [0.15, 0.2) is 5.78 Å². The Labute approximate surface area is 156 Å². The number of imide groups is 1. The van der Waals surface area contributed by atoms with Crippen LogP contribution in [0.1, 0.15) is 24.2 Å². The highest BCUT2D eigenvalue weighted by Gasteiger charge is 2.44. The summed E-state index contributed by atoms with van der Waals surface area (Å²) in [5.41, 5.74) is 0.783. The van der Waals surface area contributed by atoms with Crippen molar-refractivity contribution in [3.63, 3.8) is 0 Å². The van der Waals surface area contributed by atoms with Crippen molar-refractivity contribution in [1.82, 2.24) is 4.90 Å². The number of carbonyl (C=O) groups is 3. The number of nitrogens with zero attached hydrogens (tertiary/aromatic N) is 2. The summed E-state index contributed by atoms with van der Waals surface area (Å²) in [6.07, 6.45) is 0. The predicted octanol–water partition coefficient (Wildman–Crippen LogP) is 3.26. The molecule has 3 rings (SSSR count). The average Bonchev–Trinajstić information content (AvgIpc) is 2.87. The van der Waals surface area contributed by atoms with E-state index in [0.717, 1.165) is 4.90 Å². The number of halogens is 1. The zero-order chi connectivity index (χ0) is 19.6. The van der Waals surface area contributed by atoms with Gasteiger partial charge in [-0.1, -0.05) is 0 Å². The van der Waals surface area contributed by atoms with Crippen molar-refractivity contribution >= 4 is 23.4 Å². The second-order valence-corrected chi connectivity index (χ2v) is 6.11. The minimum Gasteiger partial charge on any atom is -0.494 e. The molecule has 0 aromatic heterocycles. The Kier molecular flexibility index (Phi) is 5.21. The van der Waals surface area contributed by atoms with Crippen LogP contribution >= 0.6 is 0 Å². The first kappa shape index (κ1) is 18.6. The van der Waals surface area contributed by atoms with Crippen LogP contribution in [0.2, 0.25) is 0 Å². The van der Waals surface area contributed by atoms with Gasteiger partial charge in [-0.15, -0.1) is 0 Å². The normalized spacial score (nSPS) is 16.8. The van der Waals surface area contributed by atoms with E-state index in [9.17, 15) is 18.8 Å². The number of rotatable bonds is 6. The minimum atomic E-state index is -0.768. The van der Waals surface area contributed by atoms with Crippen molar-refractivity contribution < 1.29 is 23.5 Å². The molecule has 0 saturated carbocycles. The van der Waals surface area contributed by atoms with E-state index in [4.69, 9.17) is 4.74 Å². The number of Topliss-reactive ketones (excluding diaryl/α,β-unsaturated/α-hetero) is 1. The summed E-state index contributed by atoms with van der Waals surface area (Å²) in [5, 5.41) is 0. The van der Waals surface area contributed by atoms with Crippen LogP contribution in [-0.2, 0) is 4.79 Å². The molecule has 0 aliphatic carbocycles. The van der Waals surface area contributed by atoms with Gasteiger partial charge in [0.1, 0.15) is 17.6 Å². The summed E-state index contributed by atoms with van der Waals surface area (Å²) >= 11 is 0. The topological polar surface area (TPSA) is 66.9 Å². The number of ketones is 1. The maximum atomic E-state index is 13.1. The molecule has 1 fully saturated rings. The molecule has 0 radical (unpaired) electrons. The molecule has 1 atom stereocenters. The molecule has 1 heterocycles. The Morgan fingerprint density at radius 3 is 2.30 bits per heavy atom. The van der Waals surface area contributed by atoms with E-state index in [1.54, 1.807) is 31.2 Å². The van der Waals surface area contributed by atoms with E-state index >= 15 is 0 Å². The van der Waals surface area contributed by atoms with E-state index < -0.39 is 23.8 Å². The molecule has 27 heavy (non-hydrogen) atoms. The summed E-state index contributed by atoms with van der Waals surface area (Å²) < 4.78 is 18.5. The molecular weight excluding hydrogens is 351 g/mol. The maximum absolute atomic E-state index is 13.1. The molecule has 1 saturated heterocycles. The second-order valence-electron chi connectivity index (χ2n) is 6.11. The van der Waals surface area contributed by atoms with Crippen LogP contribution in [0.3, 0.4) is 0 Å². The summed E-state index contributed by atoms with van der Waals surface area (Å²) in [6.45, 7) is 3.59. The largest absolute Gasteiger partial charge is 0.494 e. The van der Waals surface area contributed by atoms with Crippen molar-refractivity contribution in [3.05, 3.63) is 59.9 Å². The Bertz CT molecular complexity index is 865. The van der Waals surface area contributed by atoms with Crippen LogP contribution in [0, 0.1) is 5.82 Å². The molecule has 0 bridgehead atoms. The highest BCUT2D eigenvalue weighted by molar-refractivity contribution is 6.16. The predicted molar refractivity (Wildman–Crippen MR) is 97.4 cm³/mol. The number of urea groups is 1. The Hall–Kier alpha value is -3.22. The van der Waals surface area contributed by atoms with Crippen molar-refractivity contribution in [3.8, 4) is 5.75 Å². The lowest BCUT2D eigenvalue weighted by Crippen LogP contribution is -2.37. The molecule has 0 spiro atoms. The van der Waals surface area contributed by atoms with Crippen LogP contribution in [0.15, 0.2) is 48.5 Å². The lowest BCUT2D eigenvalue weighted by molar-refractivity contribution is -0.126. The van der Waals surface area contributed by atoms with Gasteiger partial charge in [-0.2, -0.15) is 0 Å². The van der Waals surface area contributed by atoms with E-state index in [-0.39, 0.29) is 12.3 Å².